The summed E-state index contributed by atoms with van der Waals surface area (Å²) in [6.07, 6.45) is 2.05. The molecule has 0 aliphatic carbocycles. The first-order valence-corrected chi connectivity index (χ1v) is 8.44. The molecule has 1 unspecified atom stereocenters. The van der Waals surface area contributed by atoms with E-state index in [9.17, 15) is 4.79 Å². The molecular weight excluding hydrogens is 284 g/mol. The van der Waals surface area contributed by atoms with Gasteiger partial charge in [0, 0.05) is 30.9 Å². The average Bonchev–Trinajstić information content (AvgIpc) is 3.07. The lowest BCUT2D eigenvalue weighted by Gasteiger charge is -2.33. The Morgan fingerprint density at radius 3 is 2.78 bits per heavy atom. The molecule has 3 nitrogen and oxygen atoms in total. The minimum atomic E-state index is -0.0734. The fourth-order valence-corrected chi connectivity index (χ4v) is 3.71. The van der Waals surface area contributed by atoms with Crippen molar-refractivity contribution in [3.8, 4) is 0 Å². The Hall–Kier alpha value is -2.13. The molecule has 118 valence electrons. The summed E-state index contributed by atoms with van der Waals surface area (Å²) >= 11 is 0. The van der Waals surface area contributed by atoms with Crippen LogP contribution in [-0.4, -0.2) is 29.8 Å². The van der Waals surface area contributed by atoms with Gasteiger partial charge in [0.1, 0.15) is 0 Å². The SMILES string of the molecule is CC(C(=O)c1ccc2c(c1)CCN2)N1CCc2ccccc2C1. The van der Waals surface area contributed by atoms with Gasteiger partial charge < -0.3 is 5.32 Å². The third kappa shape index (κ3) is 2.66. The third-order valence-electron chi connectivity index (χ3n) is 5.19. The minimum Gasteiger partial charge on any atom is -0.384 e. The number of carbonyl (C=O) groups is 1. The van der Waals surface area contributed by atoms with Crippen LogP contribution in [0.1, 0.15) is 34.0 Å². The van der Waals surface area contributed by atoms with Crippen LogP contribution in [-0.2, 0) is 19.4 Å². The van der Waals surface area contributed by atoms with Gasteiger partial charge in [-0.2, -0.15) is 0 Å². The molecule has 0 amide bonds. The molecule has 0 saturated carbocycles. The van der Waals surface area contributed by atoms with Crippen molar-refractivity contribution < 1.29 is 4.79 Å². The molecule has 0 saturated heterocycles. The summed E-state index contributed by atoms with van der Waals surface area (Å²) in [5.41, 5.74) is 6.08. The van der Waals surface area contributed by atoms with E-state index in [1.165, 1.54) is 22.4 Å². The second-order valence-electron chi connectivity index (χ2n) is 6.58. The summed E-state index contributed by atoms with van der Waals surface area (Å²) in [5.74, 6) is 0.235. The number of benzene rings is 2. The van der Waals surface area contributed by atoms with Crippen molar-refractivity contribution >= 4 is 11.5 Å². The van der Waals surface area contributed by atoms with E-state index >= 15 is 0 Å². The molecular formula is C20H22N2O. The Morgan fingerprint density at radius 2 is 1.91 bits per heavy atom. The van der Waals surface area contributed by atoms with E-state index in [0.29, 0.717) is 0 Å². The molecule has 23 heavy (non-hydrogen) atoms. The number of rotatable bonds is 3. The molecule has 2 heterocycles. The van der Waals surface area contributed by atoms with E-state index < -0.39 is 0 Å². The van der Waals surface area contributed by atoms with E-state index in [0.717, 1.165) is 38.0 Å². The number of ketones is 1. The number of hydrogen-bond donors (Lipinski definition) is 1. The van der Waals surface area contributed by atoms with Crippen LogP contribution in [0.5, 0.6) is 0 Å². The van der Waals surface area contributed by atoms with Gasteiger partial charge in [0.2, 0.25) is 0 Å². The van der Waals surface area contributed by atoms with Gasteiger partial charge in [0.25, 0.3) is 0 Å². The van der Waals surface area contributed by atoms with Crippen LogP contribution in [0, 0.1) is 0 Å². The van der Waals surface area contributed by atoms with Crippen LogP contribution in [0.2, 0.25) is 0 Å². The maximum atomic E-state index is 12.9. The minimum absolute atomic E-state index is 0.0734. The number of hydrogen-bond acceptors (Lipinski definition) is 3. The Labute approximate surface area is 137 Å². The summed E-state index contributed by atoms with van der Waals surface area (Å²) in [6, 6.07) is 14.6. The maximum Gasteiger partial charge on any atom is 0.179 e. The maximum absolute atomic E-state index is 12.9. The van der Waals surface area contributed by atoms with E-state index in [2.05, 4.69) is 40.5 Å². The normalized spacial score (nSPS) is 18.0. The topological polar surface area (TPSA) is 32.3 Å². The first-order valence-electron chi connectivity index (χ1n) is 8.44. The van der Waals surface area contributed by atoms with Crippen LogP contribution < -0.4 is 5.32 Å². The molecule has 0 spiro atoms. The molecule has 3 heteroatoms. The zero-order valence-corrected chi connectivity index (χ0v) is 13.5. The fourth-order valence-electron chi connectivity index (χ4n) is 3.71. The number of carbonyl (C=O) groups excluding carboxylic acids is 1. The van der Waals surface area contributed by atoms with Crippen LogP contribution in [0.15, 0.2) is 42.5 Å². The smallest absolute Gasteiger partial charge is 0.179 e. The number of Topliss-reactive ketones (excluding diaryl/α,β-unsaturated/α-hetero) is 1. The van der Waals surface area contributed by atoms with Crippen molar-refractivity contribution in [3.63, 3.8) is 0 Å². The summed E-state index contributed by atoms with van der Waals surface area (Å²) in [6.45, 7) is 4.85. The van der Waals surface area contributed by atoms with Crippen molar-refractivity contribution in [1.82, 2.24) is 4.90 Å². The summed E-state index contributed by atoms with van der Waals surface area (Å²) in [4.78, 5) is 15.2. The van der Waals surface area contributed by atoms with Crippen LogP contribution in [0.3, 0.4) is 0 Å². The predicted octanol–water partition coefficient (Wildman–Crippen LogP) is 3.28. The molecule has 2 aliphatic heterocycles. The molecule has 1 N–H and O–H groups in total. The highest BCUT2D eigenvalue weighted by atomic mass is 16.1. The Kier molecular flexibility index (Phi) is 3.66. The molecule has 0 aromatic heterocycles. The van der Waals surface area contributed by atoms with Crippen molar-refractivity contribution in [1.29, 1.82) is 0 Å². The highest BCUT2D eigenvalue weighted by molar-refractivity contribution is 6.00. The fraction of sp³-hybridized carbons (Fsp3) is 0.350. The lowest BCUT2D eigenvalue weighted by Crippen LogP contribution is -2.42. The molecule has 4 rings (SSSR count). The zero-order valence-electron chi connectivity index (χ0n) is 13.5. The highest BCUT2D eigenvalue weighted by Gasteiger charge is 2.26. The Bertz CT molecular complexity index is 753. The molecule has 2 aliphatic rings. The molecule has 0 bridgehead atoms. The van der Waals surface area contributed by atoms with Gasteiger partial charge >= 0.3 is 0 Å². The number of fused-ring (bicyclic) bond motifs is 2. The highest BCUT2D eigenvalue weighted by Crippen LogP contribution is 2.25. The van der Waals surface area contributed by atoms with Gasteiger partial charge in [-0.3, -0.25) is 9.69 Å². The lowest BCUT2D eigenvalue weighted by atomic mass is 9.96. The predicted molar refractivity (Wildman–Crippen MR) is 93.0 cm³/mol. The van der Waals surface area contributed by atoms with E-state index in [4.69, 9.17) is 0 Å². The quantitative estimate of drug-likeness (QED) is 0.883. The van der Waals surface area contributed by atoms with Gasteiger partial charge in [-0.1, -0.05) is 24.3 Å². The number of anilines is 1. The number of nitrogens with zero attached hydrogens (tertiary/aromatic N) is 1. The first kappa shape index (κ1) is 14.5. The van der Waals surface area contributed by atoms with Crippen LogP contribution in [0.4, 0.5) is 5.69 Å². The van der Waals surface area contributed by atoms with Crippen LogP contribution in [0.25, 0.3) is 0 Å². The van der Waals surface area contributed by atoms with Crippen molar-refractivity contribution in [2.45, 2.75) is 32.4 Å². The largest absolute Gasteiger partial charge is 0.384 e. The average molecular weight is 306 g/mol. The molecule has 0 radical (unpaired) electrons. The third-order valence-corrected chi connectivity index (χ3v) is 5.19. The van der Waals surface area contributed by atoms with Gasteiger partial charge in [-0.05, 0) is 54.7 Å². The standard InChI is InChI=1S/C20H22N2O/c1-14(22-11-9-15-4-2-3-5-18(15)13-22)20(23)17-6-7-19-16(12-17)8-10-21-19/h2-7,12,14,21H,8-11,13H2,1H3. The van der Waals surface area contributed by atoms with Gasteiger partial charge in [-0.25, -0.2) is 0 Å². The molecule has 1 atom stereocenters. The Morgan fingerprint density at radius 1 is 1.09 bits per heavy atom. The van der Waals surface area contributed by atoms with Crippen LogP contribution >= 0.6 is 0 Å². The second-order valence-corrected chi connectivity index (χ2v) is 6.58. The van der Waals surface area contributed by atoms with Crippen molar-refractivity contribution in [2.75, 3.05) is 18.4 Å². The van der Waals surface area contributed by atoms with Crippen molar-refractivity contribution in [3.05, 3.63) is 64.7 Å². The molecule has 0 fully saturated rings. The van der Waals surface area contributed by atoms with Gasteiger partial charge in [0.15, 0.2) is 5.78 Å². The summed E-state index contributed by atoms with van der Waals surface area (Å²) in [5, 5.41) is 3.35. The monoisotopic (exact) mass is 306 g/mol. The first-order chi connectivity index (χ1) is 11.2. The summed E-state index contributed by atoms with van der Waals surface area (Å²) in [7, 11) is 0. The van der Waals surface area contributed by atoms with E-state index in [1.807, 2.05) is 19.1 Å². The van der Waals surface area contributed by atoms with Gasteiger partial charge in [0.05, 0.1) is 6.04 Å². The van der Waals surface area contributed by atoms with Crippen molar-refractivity contribution in [2.24, 2.45) is 0 Å². The molecule has 2 aromatic rings. The van der Waals surface area contributed by atoms with E-state index in [-0.39, 0.29) is 11.8 Å². The summed E-state index contributed by atoms with van der Waals surface area (Å²) < 4.78 is 0. The second kappa shape index (κ2) is 5.82. The van der Waals surface area contributed by atoms with E-state index in [1.54, 1.807) is 0 Å². The Balaban J connectivity index is 1.53. The zero-order chi connectivity index (χ0) is 15.8. The molecule has 2 aromatic carbocycles. The van der Waals surface area contributed by atoms with Gasteiger partial charge in [-0.15, -0.1) is 0 Å². The number of nitrogens with one attached hydrogen (secondary N) is 1. The lowest BCUT2D eigenvalue weighted by molar-refractivity contribution is 0.0819.